The van der Waals surface area contributed by atoms with Crippen molar-refractivity contribution in [2.45, 2.75) is 13.3 Å². The zero-order chi connectivity index (χ0) is 13.2. The average molecular weight is 251 g/mol. The van der Waals surface area contributed by atoms with Gasteiger partial charge in [-0.3, -0.25) is 0 Å². The van der Waals surface area contributed by atoms with E-state index in [4.69, 9.17) is 10.5 Å². The highest BCUT2D eigenvalue weighted by Gasteiger charge is 2.15. The van der Waals surface area contributed by atoms with Crippen molar-refractivity contribution in [2.24, 2.45) is 0 Å². The largest absolute Gasteiger partial charge is 0.494 e. The van der Waals surface area contributed by atoms with Crippen LogP contribution in [0, 0.1) is 0 Å². The second kappa shape index (κ2) is 4.81. The van der Waals surface area contributed by atoms with Crippen LogP contribution in [0.1, 0.15) is 23.6 Å². The van der Waals surface area contributed by atoms with E-state index in [0.29, 0.717) is 6.61 Å². The second-order valence-corrected chi connectivity index (χ2v) is 4.70. The third kappa shape index (κ3) is 2.22. The van der Waals surface area contributed by atoms with E-state index >= 15 is 0 Å². The number of hydrogen-bond acceptors (Lipinski definition) is 2. The summed E-state index contributed by atoms with van der Waals surface area (Å²) in [5.41, 5.74) is 11.8. The van der Waals surface area contributed by atoms with Crippen LogP contribution in [-0.2, 0) is 6.42 Å². The third-order valence-electron chi connectivity index (χ3n) is 3.42. The first-order valence-electron chi connectivity index (χ1n) is 6.60. The van der Waals surface area contributed by atoms with E-state index < -0.39 is 0 Å². The normalized spacial score (nSPS) is 13.0. The maximum absolute atomic E-state index is 5.83. The molecule has 0 atom stereocenters. The van der Waals surface area contributed by atoms with Crippen LogP contribution >= 0.6 is 0 Å². The van der Waals surface area contributed by atoms with Crippen LogP contribution in [0.4, 0.5) is 5.69 Å². The van der Waals surface area contributed by atoms with Gasteiger partial charge >= 0.3 is 0 Å². The van der Waals surface area contributed by atoms with E-state index in [1.54, 1.807) is 0 Å². The SMILES string of the molecule is CCOc1ccc(C2=CCc3cc(N)ccc32)cc1. The van der Waals surface area contributed by atoms with Crippen molar-refractivity contribution in [3.63, 3.8) is 0 Å². The Bertz CT molecular complexity index is 626. The van der Waals surface area contributed by atoms with Crippen molar-refractivity contribution in [1.82, 2.24) is 0 Å². The van der Waals surface area contributed by atoms with Gasteiger partial charge in [0.25, 0.3) is 0 Å². The van der Waals surface area contributed by atoms with Crippen molar-refractivity contribution in [3.05, 3.63) is 65.2 Å². The number of allylic oxidation sites excluding steroid dienone is 1. The van der Waals surface area contributed by atoms with Gasteiger partial charge in [0.1, 0.15) is 5.75 Å². The van der Waals surface area contributed by atoms with Crippen molar-refractivity contribution < 1.29 is 4.74 Å². The van der Waals surface area contributed by atoms with E-state index in [0.717, 1.165) is 17.9 Å². The Hall–Kier alpha value is -2.22. The number of rotatable bonds is 3. The van der Waals surface area contributed by atoms with Crippen molar-refractivity contribution >= 4 is 11.3 Å². The fraction of sp³-hybridized carbons (Fsp3) is 0.176. The molecule has 0 amide bonds. The third-order valence-corrected chi connectivity index (χ3v) is 3.42. The molecule has 1 aliphatic carbocycles. The van der Waals surface area contributed by atoms with Gasteiger partial charge in [-0.2, -0.15) is 0 Å². The minimum Gasteiger partial charge on any atom is -0.494 e. The number of hydrogen-bond donors (Lipinski definition) is 1. The summed E-state index contributed by atoms with van der Waals surface area (Å²) in [7, 11) is 0. The molecule has 19 heavy (non-hydrogen) atoms. The molecule has 2 aromatic rings. The molecule has 0 saturated carbocycles. The van der Waals surface area contributed by atoms with E-state index in [-0.39, 0.29) is 0 Å². The summed E-state index contributed by atoms with van der Waals surface area (Å²) >= 11 is 0. The van der Waals surface area contributed by atoms with Gasteiger partial charge in [-0.25, -0.2) is 0 Å². The molecule has 0 bridgehead atoms. The first-order valence-corrected chi connectivity index (χ1v) is 6.60. The molecule has 2 aromatic carbocycles. The Morgan fingerprint density at radius 2 is 1.89 bits per heavy atom. The first-order chi connectivity index (χ1) is 9.28. The minimum atomic E-state index is 0.699. The number of benzene rings is 2. The summed E-state index contributed by atoms with van der Waals surface area (Å²) in [6.07, 6.45) is 3.22. The molecule has 2 N–H and O–H groups in total. The Morgan fingerprint density at radius 1 is 1.11 bits per heavy atom. The van der Waals surface area contributed by atoms with Gasteiger partial charge in [-0.15, -0.1) is 0 Å². The topological polar surface area (TPSA) is 35.2 Å². The van der Waals surface area contributed by atoms with E-state index in [2.05, 4.69) is 30.3 Å². The highest BCUT2D eigenvalue weighted by molar-refractivity contribution is 5.85. The molecule has 0 unspecified atom stereocenters. The van der Waals surface area contributed by atoms with Gasteiger partial charge in [0.2, 0.25) is 0 Å². The molecule has 2 heteroatoms. The Morgan fingerprint density at radius 3 is 2.63 bits per heavy atom. The standard InChI is InChI=1S/C17H17NO/c1-2-19-15-7-3-12(4-8-15)16-9-5-13-11-14(18)6-10-17(13)16/h3-4,6-11H,2,5,18H2,1H3. The summed E-state index contributed by atoms with van der Waals surface area (Å²) in [5, 5.41) is 0. The number of ether oxygens (including phenoxy) is 1. The summed E-state index contributed by atoms with van der Waals surface area (Å²) < 4.78 is 5.47. The van der Waals surface area contributed by atoms with Crippen LogP contribution in [0.5, 0.6) is 5.75 Å². The molecule has 0 saturated heterocycles. The van der Waals surface area contributed by atoms with Crippen molar-refractivity contribution in [2.75, 3.05) is 12.3 Å². The first kappa shape index (κ1) is 11.8. The number of fused-ring (bicyclic) bond motifs is 1. The number of anilines is 1. The Labute approximate surface area is 113 Å². The molecule has 0 spiro atoms. The van der Waals surface area contributed by atoms with Gasteiger partial charge in [-0.1, -0.05) is 24.3 Å². The Kier molecular flexibility index (Phi) is 3.00. The fourth-order valence-electron chi connectivity index (χ4n) is 2.54. The summed E-state index contributed by atoms with van der Waals surface area (Å²) in [4.78, 5) is 0. The predicted octanol–water partition coefficient (Wildman–Crippen LogP) is 3.66. The highest BCUT2D eigenvalue weighted by Crippen LogP contribution is 2.34. The molecule has 0 aliphatic heterocycles. The lowest BCUT2D eigenvalue weighted by Crippen LogP contribution is -1.92. The molecule has 2 nitrogen and oxygen atoms in total. The van der Waals surface area contributed by atoms with Crippen LogP contribution in [0.15, 0.2) is 48.5 Å². The van der Waals surface area contributed by atoms with Crippen LogP contribution < -0.4 is 10.5 Å². The minimum absolute atomic E-state index is 0.699. The van der Waals surface area contributed by atoms with E-state index in [1.807, 2.05) is 25.1 Å². The lowest BCUT2D eigenvalue weighted by molar-refractivity contribution is 0.340. The van der Waals surface area contributed by atoms with Crippen LogP contribution in [0.25, 0.3) is 5.57 Å². The van der Waals surface area contributed by atoms with Crippen molar-refractivity contribution in [1.29, 1.82) is 0 Å². The monoisotopic (exact) mass is 251 g/mol. The summed E-state index contributed by atoms with van der Waals surface area (Å²) in [5.74, 6) is 0.919. The lowest BCUT2D eigenvalue weighted by atomic mass is 9.99. The smallest absolute Gasteiger partial charge is 0.119 e. The van der Waals surface area contributed by atoms with Gasteiger partial charge < -0.3 is 10.5 Å². The van der Waals surface area contributed by atoms with Crippen molar-refractivity contribution in [3.8, 4) is 5.75 Å². The fourth-order valence-corrected chi connectivity index (χ4v) is 2.54. The van der Waals surface area contributed by atoms with Gasteiger partial charge in [0, 0.05) is 5.69 Å². The zero-order valence-electron chi connectivity index (χ0n) is 11.0. The zero-order valence-corrected chi connectivity index (χ0v) is 11.0. The van der Waals surface area contributed by atoms with Crippen LogP contribution in [-0.4, -0.2) is 6.61 Å². The van der Waals surface area contributed by atoms with Crippen LogP contribution in [0.2, 0.25) is 0 Å². The summed E-state index contributed by atoms with van der Waals surface area (Å²) in [6.45, 7) is 2.69. The highest BCUT2D eigenvalue weighted by atomic mass is 16.5. The van der Waals surface area contributed by atoms with E-state index in [1.165, 1.54) is 22.3 Å². The number of nitrogen functional groups attached to an aromatic ring is 1. The molecule has 0 radical (unpaired) electrons. The second-order valence-electron chi connectivity index (χ2n) is 4.70. The van der Waals surface area contributed by atoms with Gasteiger partial charge in [0.05, 0.1) is 6.61 Å². The predicted molar refractivity (Wildman–Crippen MR) is 79.2 cm³/mol. The molecule has 3 rings (SSSR count). The molecule has 96 valence electrons. The maximum atomic E-state index is 5.83. The maximum Gasteiger partial charge on any atom is 0.119 e. The Balaban J connectivity index is 1.92. The van der Waals surface area contributed by atoms with Gasteiger partial charge in [0.15, 0.2) is 0 Å². The average Bonchev–Trinajstić information content (AvgIpc) is 2.83. The quantitative estimate of drug-likeness (QED) is 0.845. The summed E-state index contributed by atoms with van der Waals surface area (Å²) in [6, 6.07) is 14.4. The molecular formula is C17H17NO. The van der Waals surface area contributed by atoms with Gasteiger partial charge in [-0.05, 0) is 59.9 Å². The number of nitrogens with two attached hydrogens (primary N) is 1. The molecule has 0 fully saturated rings. The lowest BCUT2D eigenvalue weighted by Gasteiger charge is -2.08. The van der Waals surface area contributed by atoms with E-state index in [9.17, 15) is 0 Å². The molecule has 1 aliphatic rings. The molecule has 0 aromatic heterocycles. The molecular weight excluding hydrogens is 234 g/mol. The van der Waals surface area contributed by atoms with Crippen LogP contribution in [0.3, 0.4) is 0 Å². The molecule has 0 heterocycles.